The third-order valence-electron chi connectivity index (χ3n) is 5.86. The number of benzene rings is 1. The third kappa shape index (κ3) is 3.25. The number of halogens is 2. The molecule has 1 aliphatic heterocycles. The van der Waals surface area contributed by atoms with Crippen LogP contribution in [0.4, 0.5) is 16.0 Å². The second kappa shape index (κ2) is 7.39. The van der Waals surface area contributed by atoms with Crippen LogP contribution in [0.25, 0.3) is 16.9 Å². The van der Waals surface area contributed by atoms with Gasteiger partial charge in [-0.1, -0.05) is 11.6 Å². The van der Waals surface area contributed by atoms with Gasteiger partial charge >= 0.3 is 0 Å². The average Bonchev–Trinajstić information content (AvgIpc) is 3.59. The van der Waals surface area contributed by atoms with Gasteiger partial charge in [0.15, 0.2) is 11.5 Å². The molecule has 0 amide bonds. The van der Waals surface area contributed by atoms with Crippen molar-refractivity contribution >= 4 is 34.3 Å². The van der Waals surface area contributed by atoms with Crippen LogP contribution in [0, 0.1) is 5.82 Å². The Morgan fingerprint density at radius 2 is 2.06 bits per heavy atom. The van der Waals surface area contributed by atoms with Crippen molar-refractivity contribution in [1.82, 2.24) is 29.6 Å². The predicted molar refractivity (Wildman–Crippen MR) is 119 cm³/mol. The standard InChI is InChI=1S/C22H19ClFN7O/c23-13-1-4-19(26-9-13)31-20-17(21(32)30(31)15-2-3-15)11-27-22(29-20)28-14-7-12-5-6-25-10-16(12)18(24)8-14/h1,4,7-9,11,15,25H,2-3,5-6,10H2,(H,27,28,29). The zero-order valence-corrected chi connectivity index (χ0v) is 17.7. The molecule has 0 atom stereocenters. The van der Waals surface area contributed by atoms with E-state index in [9.17, 15) is 9.18 Å². The van der Waals surface area contributed by atoms with Crippen LogP contribution < -0.4 is 16.2 Å². The lowest BCUT2D eigenvalue weighted by Gasteiger charge is -2.19. The Labute approximate surface area is 187 Å². The SMILES string of the molecule is O=c1c2cnc(Nc3cc(F)c4c(c3)CCNC4)nc2n(-c2ccc(Cl)cn2)n1C1CC1. The van der Waals surface area contributed by atoms with Crippen LogP contribution in [0.15, 0.2) is 41.5 Å². The number of fused-ring (bicyclic) bond motifs is 2. The highest BCUT2D eigenvalue weighted by Crippen LogP contribution is 2.35. The highest BCUT2D eigenvalue weighted by molar-refractivity contribution is 6.30. The quantitative estimate of drug-likeness (QED) is 0.493. The van der Waals surface area contributed by atoms with Crippen LogP contribution in [0.3, 0.4) is 0 Å². The second-order valence-electron chi connectivity index (χ2n) is 8.11. The van der Waals surface area contributed by atoms with E-state index < -0.39 is 0 Å². The summed E-state index contributed by atoms with van der Waals surface area (Å²) in [5, 5.41) is 7.19. The van der Waals surface area contributed by atoms with Gasteiger partial charge in [-0.3, -0.25) is 4.79 Å². The normalized spacial score (nSPS) is 15.7. The lowest BCUT2D eigenvalue weighted by Crippen LogP contribution is -2.24. The molecule has 32 heavy (non-hydrogen) atoms. The van der Waals surface area contributed by atoms with E-state index in [-0.39, 0.29) is 23.4 Å². The van der Waals surface area contributed by atoms with Gasteiger partial charge in [-0.05, 0) is 55.6 Å². The summed E-state index contributed by atoms with van der Waals surface area (Å²) in [6.45, 7) is 1.34. The van der Waals surface area contributed by atoms with Crippen LogP contribution in [-0.2, 0) is 13.0 Å². The topological polar surface area (TPSA) is 89.7 Å². The van der Waals surface area contributed by atoms with Crippen LogP contribution >= 0.6 is 11.6 Å². The van der Waals surface area contributed by atoms with Gasteiger partial charge in [-0.15, -0.1) is 0 Å². The fourth-order valence-corrected chi connectivity index (χ4v) is 4.29. The van der Waals surface area contributed by atoms with Gasteiger partial charge in [0.05, 0.1) is 11.1 Å². The lowest BCUT2D eigenvalue weighted by atomic mass is 10.00. The van der Waals surface area contributed by atoms with E-state index in [1.165, 1.54) is 18.5 Å². The summed E-state index contributed by atoms with van der Waals surface area (Å²) in [5.74, 6) is 0.562. The first-order valence-corrected chi connectivity index (χ1v) is 10.9. The summed E-state index contributed by atoms with van der Waals surface area (Å²) in [6, 6.07) is 6.96. The number of anilines is 2. The molecule has 0 saturated heterocycles. The van der Waals surface area contributed by atoms with Crippen molar-refractivity contribution in [1.29, 1.82) is 0 Å². The maximum absolute atomic E-state index is 14.6. The lowest BCUT2D eigenvalue weighted by molar-refractivity contribution is 0.553. The molecule has 1 saturated carbocycles. The van der Waals surface area contributed by atoms with E-state index in [0.29, 0.717) is 39.7 Å². The van der Waals surface area contributed by atoms with Crippen LogP contribution in [0.1, 0.15) is 30.0 Å². The van der Waals surface area contributed by atoms with Crippen molar-refractivity contribution in [2.75, 3.05) is 11.9 Å². The molecule has 3 aromatic heterocycles. The molecule has 0 unspecified atom stereocenters. The van der Waals surface area contributed by atoms with E-state index >= 15 is 0 Å². The summed E-state index contributed by atoms with van der Waals surface area (Å²) in [6.07, 6.45) is 5.65. The fraction of sp³-hybridized carbons (Fsp3) is 0.273. The third-order valence-corrected chi connectivity index (χ3v) is 6.09. The van der Waals surface area contributed by atoms with Crippen molar-refractivity contribution in [3.8, 4) is 5.82 Å². The average molecular weight is 452 g/mol. The molecule has 6 rings (SSSR count). The van der Waals surface area contributed by atoms with E-state index in [4.69, 9.17) is 11.6 Å². The van der Waals surface area contributed by atoms with Crippen LogP contribution in [0.5, 0.6) is 0 Å². The molecule has 1 fully saturated rings. The second-order valence-corrected chi connectivity index (χ2v) is 8.54. The number of nitrogens with zero attached hydrogens (tertiary/aromatic N) is 5. The number of pyridine rings is 1. The Kier molecular flexibility index (Phi) is 4.48. The molecule has 10 heteroatoms. The minimum Gasteiger partial charge on any atom is -0.324 e. The molecule has 4 aromatic rings. The molecule has 162 valence electrons. The molecule has 0 bridgehead atoms. The zero-order valence-electron chi connectivity index (χ0n) is 17.0. The van der Waals surface area contributed by atoms with E-state index in [1.54, 1.807) is 21.5 Å². The number of hydrogen-bond donors (Lipinski definition) is 2. The minimum absolute atomic E-state index is 0.105. The first kappa shape index (κ1) is 19.4. The van der Waals surface area contributed by atoms with Gasteiger partial charge in [-0.25, -0.2) is 23.7 Å². The maximum atomic E-state index is 14.6. The molecular formula is C22H19ClFN7O. The van der Waals surface area contributed by atoms with E-state index in [0.717, 1.165) is 31.4 Å². The Bertz CT molecular complexity index is 1410. The molecule has 1 aromatic carbocycles. The van der Waals surface area contributed by atoms with Crippen molar-refractivity contribution in [3.63, 3.8) is 0 Å². The number of aromatic nitrogens is 5. The Balaban J connectivity index is 1.46. The summed E-state index contributed by atoms with van der Waals surface area (Å²) in [4.78, 5) is 26.4. The first-order valence-electron chi connectivity index (χ1n) is 10.5. The summed E-state index contributed by atoms with van der Waals surface area (Å²) >= 11 is 6.01. The van der Waals surface area contributed by atoms with Crippen molar-refractivity contribution in [3.05, 3.63) is 69.0 Å². The molecule has 0 spiro atoms. The molecule has 0 radical (unpaired) electrons. The molecular weight excluding hydrogens is 433 g/mol. The summed E-state index contributed by atoms with van der Waals surface area (Å²) in [7, 11) is 0. The van der Waals surface area contributed by atoms with E-state index in [1.807, 2.05) is 6.07 Å². The Morgan fingerprint density at radius 1 is 1.19 bits per heavy atom. The predicted octanol–water partition coefficient (Wildman–Crippen LogP) is 3.49. The Morgan fingerprint density at radius 3 is 2.84 bits per heavy atom. The summed E-state index contributed by atoms with van der Waals surface area (Å²) < 4.78 is 18.0. The van der Waals surface area contributed by atoms with Gasteiger partial charge < -0.3 is 10.6 Å². The maximum Gasteiger partial charge on any atom is 0.278 e. The van der Waals surface area contributed by atoms with Crippen molar-refractivity contribution in [2.45, 2.75) is 31.8 Å². The highest BCUT2D eigenvalue weighted by atomic mass is 35.5. The zero-order chi connectivity index (χ0) is 21.8. The smallest absolute Gasteiger partial charge is 0.278 e. The molecule has 4 heterocycles. The van der Waals surface area contributed by atoms with Crippen LogP contribution in [0.2, 0.25) is 5.02 Å². The number of rotatable bonds is 4. The molecule has 2 aliphatic rings. The van der Waals surface area contributed by atoms with E-state index in [2.05, 4.69) is 25.6 Å². The van der Waals surface area contributed by atoms with Crippen molar-refractivity contribution in [2.24, 2.45) is 0 Å². The largest absolute Gasteiger partial charge is 0.324 e. The van der Waals surface area contributed by atoms with Gasteiger partial charge in [0.25, 0.3) is 5.56 Å². The van der Waals surface area contributed by atoms with Gasteiger partial charge in [-0.2, -0.15) is 4.98 Å². The van der Waals surface area contributed by atoms with Gasteiger partial charge in [0.2, 0.25) is 5.95 Å². The Hall–Kier alpha value is -3.30. The first-order chi connectivity index (χ1) is 15.6. The fourth-order valence-electron chi connectivity index (χ4n) is 4.17. The monoisotopic (exact) mass is 451 g/mol. The van der Waals surface area contributed by atoms with Crippen molar-refractivity contribution < 1.29 is 4.39 Å². The molecule has 2 N–H and O–H groups in total. The number of nitrogens with one attached hydrogen (secondary N) is 2. The molecule has 8 nitrogen and oxygen atoms in total. The molecule has 1 aliphatic carbocycles. The number of hydrogen-bond acceptors (Lipinski definition) is 6. The highest BCUT2D eigenvalue weighted by Gasteiger charge is 2.31. The van der Waals surface area contributed by atoms with Gasteiger partial charge in [0.1, 0.15) is 11.2 Å². The summed E-state index contributed by atoms with van der Waals surface area (Å²) in [5.41, 5.74) is 2.52. The van der Waals surface area contributed by atoms with Crippen LogP contribution in [-0.4, -0.2) is 30.9 Å². The van der Waals surface area contributed by atoms with Gasteiger partial charge in [0, 0.05) is 30.2 Å². The minimum atomic E-state index is -0.263.